The van der Waals surface area contributed by atoms with Crippen LogP contribution in [0.1, 0.15) is 42.1 Å². The Balaban J connectivity index is 1.46. The third-order valence-electron chi connectivity index (χ3n) is 4.95. The Bertz CT molecular complexity index is 814. The van der Waals surface area contributed by atoms with Crippen LogP contribution in [-0.4, -0.2) is 36.1 Å². The molecule has 1 aliphatic rings. The van der Waals surface area contributed by atoms with E-state index in [0.29, 0.717) is 13.0 Å². The van der Waals surface area contributed by atoms with E-state index in [2.05, 4.69) is 21.6 Å². The van der Waals surface area contributed by atoms with Crippen LogP contribution in [0.4, 0.5) is 11.4 Å². The van der Waals surface area contributed by atoms with Crippen molar-refractivity contribution in [3.05, 3.63) is 59.7 Å². The number of benzene rings is 2. The van der Waals surface area contributed by atoms with Gasteiger partial charge in [0.05, 0.1) is 5.56 Å². The highest BCUT2D eigenvalue weighted by Gasteiger charge is 2.14. The van der Waals surface area contributed by atoms with Gasteiger partial charge in [0.2, 0.25) is 5.91 Å². The molecule has 0 radical (unpaired) electrons. The van der Waals surface area contributed by atoms with Gasteiger partial charge in [-0.25, -0.2) is 4.79 Å². The van der Waals surface area contributed by atoms with Crippen molar-refractivity contribution < 1.29 is 14.7 Å². The minimum Gasteiger partial charge on any atom is -0.478 e. The molecule has 1 unspecified atom stereocenters. The number of hydrogen-bond acceptors (Lipinski definition) is 4. The van der Waals surface area contributed by atoms with Crippen molar-refractivity contribution in [2.24, 2.45) is 0 Å². The molecule has 148 valence electrons. The Hall–Kier alpha value is -2.86. The van der Waals surface area contributed by atoms with Gasteiger partial charge in [0.25, 0.3) is 0 Å². The molecule has 1 atom stereocenters. The molecule has 1 heterocycles. The standard InChI is InChI=1S/C22H27N3O3/c1-16(23-15-17-7-9-18(10-8-17)22(27)28)13-21(26)24-19-5-4-6-20(14-19)25-11-2-3-12-25/h4-10,14,16,23H,2-3,11-13,15H2,1H3,(H,24,26)(H,27,28). The predicted molar refractivity (Wildman–Crippen MR) is 111 cm³/mol. The lowest BCUT2D eigenvalue weighted by Gasteiger charge is -2.19. The number of anilines is 2. The molecule has 6 heteroatoms. The topological polar surface area (TPSA) is 81.7 Å². The van der Waals surface area contributed by atoms with Crippen LogP contribution in [0.2, 0.25) is 0 Å². The van der Waals surface area contributed by atoms with Gasteiger partial charge in [0.15, 0.2) is 0 Å². The van der Waals surface area contributed by atoms with Crippen LogP contribution in [-0.2, 0) is 11.3 Å². The summed E-state index contributed by atoms with van der Waals surface area (Å²) < 4.78 is 0. The van der Waals surface area contributed by atoms with Crippen molar-refractivity contribution in [3.8, 4) is 0 Å². The maximum Gasteiger partial charge on any atom is 0.335 e. The van der Waals surface area contributed by atoms with E-state index in [1.165, 1.54) is 12.8 Å². The van der Waals surface area contributed by atoms with Crippen LogP contribution in [0, 0.1) is 0 Å². The molecule has 0 aromatic heterocycles. The molecule has 0 aliphatic carbocycles. The van der Waals surface area contributed by atoms with Crippen molar-refractivity contribution >= 4 is 23.3 Å². The quantitative estimate of drug-likeness (QED) is 0.652. The summed E-state index contributed by atoms with van der Waals surface area (Å²) in [5, 5.41) is 15.2. The number of rotatable bonds is 8. The van der Waals surface area contributed by atoms with E-state index in [-0.39, 0.29) is 17.5 Å². The fourth-order valence-electron chi connectivity index (χ4n) is 3.38. The highest BCUT2D eigenvalue weighted by atomic mass is 16.4. The summed E-state index contributed by atoms with van der Waals surface area (Å²) >= 11 is 0. The first-order chi connectivity index (χ1) is 13.5. The number of carboxylic acid groups (broad SMARTS) is 1. The smallest absolute Gasteiger partial charge is 0.335 e. The van der Waals surface area contributed by atoms with E-state index in [1.807, 2.05) is 25.1 Å². The summed E-state index contributed by atoms with van der Waals surface area (Å²) in [5.74, 6) is -0.960. The van der Waals surface area contributed by atoms with E-state index in [1.54, 1.807) is 24.3 Å². The van der Waals surface area contributed by atoms with Gasteiger partial charge in [0, 0.05) is 43.5 Å². The second-order valence-electron chi connectivity index (χ2n) is 7.28. The SMILES string of the molecule is CC(CC(=O)Nc1cccc(N2CCCC2)c1)NCc1ccc(C(=O)O)cc1. The van der Waals surface area contributed by atoms with Crippen LogP contribution in [0.3, 0.4) is 0 Å². The van der Waals surface area contributed by atoms with Crippen LogP contribution >= 0.6 is 0 Å². The lowest BCUT2D eigenvalue weighted by molar-refractivity contribution is -0.116. The van der Waals surface area contributed by atoms with Gasteiger partial charge >= 0.3 is 5.97 Å². The third kappa shape index (κ3) is 5.57. The average molecular weight is 381 g/mol. The largest absolute Gasteiger partial charge is 0.478 e. The Morgan fingerprint density at radius 1 is 1.11 bits per heavy atom. The summed E-state index contributed by atoms with van der Waals surface area (Å²) in [5.41, 5.74) is 3.24. The van der Waals surface area contributed by atoms with E-state index < -0.39 is 5.97 Å². The van der Waals surface area contributed by atoms with Crippen molar-refractivity contribution in [3.63, 3.8) is 0 Å². The van der Waals surface area contributed by atoms with E-state index in [0.717, 1.165) is 30.0 Å². The first-order valence-corrected chi connectivity index (χ1v) is 9.72. The van der Waals surface area contributed by atoms with Gasteiger partial charge in [-0.1, -0.05) is 18.2 Å². The number of carbonyl (C=O) groups excluding carboxylic acids is 1. The van der Waals surface area contributed by atoms with Gasteiger partial charge in [0.1, 0.15) is 0 Å². The molecule has 3 rings (SSSR count). The molecule has 0 spiro atoms. The summed E-state index contributed by atoms with van der Waals surface area (Å²) in [6.45, 7) is 4.70. The summed E-state index contributed by atoms with van der Waals surface area (Å²) in [6.07, 6.45) is 2.80. The molecule has 0 saturated carbocycles. The van der Waals surface area contributed by atoms with Gasteiger partial charge in [-0.2, -0.15) is 0 Å². The maximum absolute atomic E-state index is 12.4. The van der Waals surface area contributed by atoms with Gasteiger partial charge in [-0.05, 0) is 55.7 Å². The Labute approximate surface area is 165 Å². The van der Waals surface area contributed by atoms with Crippen LogP contribution < -0.4 is 15.5 Å². The highest BCUT2D eigenvalue weighted by molar-refractivity contribution is 5.91. The second kappa shape index (κ2) is 9.37. The Morgan fingerprint density at radius 2 is 1.82 bits per heavy atom. The normalized spacial score (nSPS) is 14.7. The number of nitrogens with zero attached hydrogens (tertiary/aromatic N) is 1. The zero-order chi connectivity index (χ0) is 19.9. The number of amides is 1. The molecule has 2 aromatic rings. The number of carbonyl (C=O) groups is 2. The summed E-state index contributed by atoms with van der Waals surface area (Å²) in [6, 6.07) is 14.8. The molecule has 1 amide bonds. The molecular weight excluding hydrogens is 354 g/mol. The molecule has 1 saturated heterocycles. The number of carboxylic acids is 1. The number of aromatic carboxylic acids is 1. The Kier molecular flexibility index (Phi) is 6.66. The van der Waals surface area contributed by atoms with E-state index >= 15 is 0 Å². The molecule has 3 N–H and O–H groups in total. The first-order valence-electron chi connectivity index (χ1n) is 9.72. The van der Waals surface area contributed by atoms with E-state index in [9.17, 15) is 9.59 Å². The monoisotopic (exact) mass is 381 g/mol. The molecule has 1 fully saturated rings. The first kappa shape index (κ1) is 19.9. The van der Waals surface area contributed by atoms with Crippen molar-refractivity contribution in [1.82, 2.24) is 5.32 Å². The molecule has 6 nitrogen and oxygen atoms in total. The van der Waals surface area contributed by atoms with Crippen LogP contribution in [0.25, 0.3) is 0 Å². The van der Waals surface area contributed by atoms with Gasteiger partial charge in [-0.15, -0.1) is 0 Å². The highest BCUT2D eigenvalue weighted by Crippen LogP contribution is 2.23. The molecule has 1 aliphatic heterocycles. The van der Waals surface area contributed by atoms with Gasteiger partial charge in [-0.3, -0.25) is 4.79 Å². The molecule has 0 bridgehead atoms. The third-order valence-corrected chi connectivity index (χ3v) is 4.95. The summed E-state index contributed by atoms with van der Waals surface area (Å²) in [4.78, 5) is 25.6. The fourth-order valence-corrected chi connectivity index (χ4v) is 3.38. The van der Waals surface area contributed by atoms with Crippen LogP contribution in [0.15, 0.2) is 48.5 Å². The van der Waals surface area contributed by atoms with Gasteiger partial charge < -0.3 is 20.6 Å². The second-order valence-corrected chi connectivity index (χ2v) is 7.28. The lowest BCUT2D eigenvalue weighted by Crippen LogP contribution is -2.30. The van der Waals surface area contributed by atoms with Crippen molar-refractivity contribution in [1.29, 1.82) is 0 Å². The fraction of sp³-hybridized carbons (Fsp3) is 0.364. The molecule has 2 aromatic carbocycles. The minimum atomic E-state index is -0.932. The van der Waals surface area contributed by atoms with Crippen LogP contribution in [0.5, 0.6) is 0 Å². The molecule has 28 heavy (non-hydrogen) atoms. The zero-order valence-electron chi connectivity index (χ0n) is 16.1. The average Bonchev–Trinajstić information content (AvgIpc) is 3.21. The summed E-state index contributed by atoms with van der Waals surface area (Å²) in [7, 11) is 0. The lowest BCUT2D eigenvalue weighted by atomic mass is 10.1. The van der Waals surface area contributed by atoms with Crippen molar-refractivity contribution in [2.75, 3.05) is 23.3 Å². The Morgan fingerprint density at radius 3 is 2.50 bits per heavy atom. The molecular formula is C22H27N3O3. The number of hydrogen-bond donors (Lipinski definition) is 3. The zero-order valence-corrected chi connectivity index (χ0v) is 16.1. The maximum atomic E-state index is 12.4. The minimum absolute atomic E-state index is 0.000847. The van der Waals surface area contributed by atoms with Crippen molar-refractivity contribution in [2.45, 2.75) is 38.8 Å². The number of nitrogens with one attached hydrogen (secondary N) is 2. The predicted octanol–water partition coefficient (Wildman–Crippen LogP) is 3.49. The van der Waals surface area contributed by atoms with E-state index in [4.69, 9.17) is 5.11 Å².